The molecule has 0 saturated heterocycles. The first-order valence-corrected chi connectivity index (χ1v) is 27.3. The standard InChI is InChI=1S/C62H98O6/c1-4-7-10-13-16-19-22-25-27-29-31-33-34-37-40-43-46-49-52-55-61(64)67-58-59(57-66-60(63)54-51-48-45-42-39-36-24-21-18-15-12-9-6-3)68-62(65)56-53-50-47-44-41-38-35-32-30-28-26-23-20-17-14-11-8-5-2/h7,9-10,12,15-16,18-19,21,24-25,27-28,30-33,35-36,39,42,45,59H,4-6,8,11,13-14,17,20,22-23,26,29,34,37-38,40-41,43-44,46-58H2,1-3H3/b10-7+,12-9+,18-15+,19-16+,24-21+,27-25+,30-28+,33-31+,35-32+,39-36+,45-42+. The van der Waals surface area contributed by atoms with Crippen molar-refractivity contribution in [2.24, 2.45) is 0 Å². The summed E-state index contributed by atoms with van der Waals surface area (Å²) in [5.41, 5.74) is 0. The number of unbranched alkanes of at least 4 members (excludes halogenated alkanes) is 19. The van der Waals surface area contributed by atoms with Gasteiger partial charge in [0.05, 0.1) is 0 Å². The third kappa shape index (κ3) is 52.5. The third-order valence-electron chi connectivity index (χ3n) is 11.0. The molecular weight excluding hydrogens is 841 g/mol. The summed E-state index contributed by atoms with van der Waals surface area (Å²) in [6.45, 7) is 6.27. The van der Waals surface area contributed by atoms with E-state index in [1.807, 2.05) is 54.7 Å². The van der Waals surface area contributed by atoms with Crippen LogP contribution in [-0.4, -0.2) is 37.2 Å². The van der Waals surface area contributed by atoms with Crippen LogP contribution in [0.15, 0.2) is 134 Å². The lowest BCUT2D eigenvalue weighted by atomic mass is 10.1. The van der Waals surface area contributed by atoms with E-state index in [0.29, 0.717) is 12.8 Å². The van der Waals surface area contributed by atoms with E-state index in [2.05, 4.69) is 99.8 Å². The molecule has 6 nitrogen and oxygen atoms in total. The van der Waals surface area contributed by atoms with E-state index in [-0.39, 0.29) is 44.0 Å². The minimum atomic E-state index is -0.826. The number of carbonyl (C=O) groups excluding carboxylic acids is 3. The summed E-state index contributed by atoms with van der Waals surface area (Å²) in [4.78, 5) is 38.1. The van der Waals surface area contributed by atoms with E-state index in [1.165, 1.54) is 64.2 Å². The molecule has 0 heterocycles. The van der Waals surface area contributed by atoms with Crippen molar-refractivity contribution in [3.05, 3.63) is 134 Å². The number of ether oxygens (including phenoxy) is 3. The summed E-state index contributed by atoms with van der Waals surface area (Å²) in [6, 6.07) is 0. The first kappa shape index (κ1) is 63.5. The monoisotopic (exact) mass is 939 g/mol. The number of rotatable bonds is 47. The smallest absolute Gasteiger partial charge is 0.306 e. The Bertz CT molecular complexity index is 1500. The molecule has 0 aliphatic rings. The number of esters is 3. The van der Waals surface area contributed by atoms with Gasteiger partial charge in [0.1, 0.15) is 13.2 Å². The second-order valence-corrected chi connectivity index (χ2v) is 17.5. The highest BCUT2D eigenvalue weighted by Crippen LogP contribution is 2.13. The predicted octanol–water partition coefficient (Wildman–Crippen LogP) is 18.3. The molecule has 0 spiro atoms. The molecule has 382 valence electrons. The summed E-state index contributed by atoms with van der Waals surface area (Å²) in [7, 11) is 0. The van der Waals surface area contributed by atoms with Gasteiger partial charge in [-0.1, -0.05) is 238 Å². The lowest BCUT2D eigenvalue weighted by Gasteiger charge is -2.18. The molecule has 6 heteroatoms. The third-order valence-corrected chi connectivity index (χ3v) is 11.0. The molecule has 0 aromatic rings. The Morgan fingerprint density at radius 3 is 1.15 bits per heavy atom. The predicted molar refractivity (Wildman–Crippen MR) is 292 cm³/mol. The fraction of sp³-hybridized carbons (Fsp3) is 0.597. The van der Waals surface area contributed by atoms with Gasteiger partial charge in [-0.2, -0.15) is 0 Å². The van der Waals surface area contributed by atoms with Gasteiger partial charge in [-0.15, -0.1) is 0 Å². The Hall–Kier alpha value is -4.45. The van der Waals surface area contributed by atoms with E-state index in [9.17, 15) is 14.4 Å². The molecule has 0 amide bonds. The maximum atomic E-state index is 12.8. The zero-order valence-corrected chi connectivity index (χ0v) is 43.6. The minimum Gasteiger partial charge on any atom is -0.462 e. The first-order chi connectivity index (χ1) is 33.5. The Balaban J connectivity index is 4.53. The van der Waals surface area contributed by atoms with E-state index >= 15 is 0 Å². The van der Waals surface area contributed by atoms with E-state index in [1.54, 1.807) is 0 Å². The summed E-state index contributed by atoms with van der Waals surface area (Å²) >= 11 is 0. The average Bonchev–Trinajstić information content (AvgIpc) is 3.34. The van der Waals surface area contributed by atoms with Crippen molar-refractivity contribution in [3.8, 4) is 0 Å². The van der Waals surface area contributed by atoms with Gasteiger partial charge in [-0.3, -0.25) is 14.4 Å². The summed E-state index contributed by atoms with van der Waals surface area (Å²) in [5.74, 6) is -1.03. The molecule has 0 saturated carbocycles. The summed E-state index contributed by atoms with van der Waals surface area (Å²) < 4.78 is 16.7. The van der Waals surface area contributed by atoms with Gasteiger partial charge >= 0.3 is 17.9 Å². The normalized spacial score (nSPS) is 13.2. The topological polar surface area (TPSA) is 78.9 Å². The Kier molecular flexibility index (Phi) is 51.5. The molecule has 0 N–H and O–H groups in total. The van der Waals surface area contributed by atoms with Crippen LogP contribution in [0, 0.1) is 0 Å². The highest BCUT2D eigenvalue weighted by atomic mass is 16.6. The number of carbonyl (C=O) groups is 3. The Morgan fingerprint density at radius 1 is 0.324 bits per heavy atom. The molecule has 0 bridgehead atoms. The highest BCUT2D eigenvalue weighted by Gasteiger charge is 2.19. The minimum absolute atomic E-state index is 0.119. The lowest BCUT2D eigenvalue weighted by Crippen LogP contribution is -2.30. The fourth-order valence-corrected chi connectivity index (χ4v) is 6.98. The van der Waals surface area contributed by atoms with Crippen LogP contribution in [0.25, 0.3) is 0 Å². The van der Waals surface area contributed by atoms with Gasteiger partial charge in [-0.05, 0) is 96.3 Å². The van der Waals surface area contributed by atoms with Crippen LogP contribution in [0.4, 0.5) is 0 Å². The maximum absolute atomic E-state index is 12.8. The van der Waals surface area contributed by atoms with Gasteiger partial charge in [0, 0.05) is 19.3 Å². The molecular formula is C62H98O6. The van der Waals surface area contributed by atoms with Crippen molar-refractivity contribution in [1.29, 1.82) is 0 Å². The van der Waals surface area contributed by atoms with Crippen molar-refractivity contribution in [1.82, 2.24) is 0 Å². The molecule has 0 aromatic carbocycles. The van der Waals surface area contributed by atoms with Crippen LogP contribution in [0.3, 0.4) is 0 Å². The second kappa shape index (κ2) is 55.1. The van der Waals surface area contributed by atoms with Gasteiger partial charge in [0.2, 0.25) is 0 Å². The van der Waals surface area contributed by atoms with Crippen LogP contribution in [0.5, 0.6) is 0 Å². The zero-order valence-electron chi connectivity index (χ0n) is 43.6. The van der Waals surface area contributed by atoms with Gasteiger partial charge in [0.25, 0.3) is 0 Å². The van der Waals surface area contributed by atoms with Crippen molar-refractivity contribution in [3.63, 3.8) is 0 Å². The Morgan fingerprint density at radius 2 is 0.662 bits per heavy atom. The van der Waals surface area contributed by atoms with Gasteiger partial charge < -0.3 is 14.2 Å². The number of allylic oxidation sites excluding steroid dienone is 22. The van der Waals surface area contributed by atoms with Crippen LogP contribution < -0.4 is 0 Å². The zero-order chi connectivity index (χ0) is 49.3. The number of hydrogen-bond donors (Lipinski definition) is 0. The van der Waals surface area contributed by atoms with Crippen molar-refractivity contribution in [2.75, 3.05) is 13.2 Å². The van der Waals surface area contributed by atoms with E-state index in [4.69, 9.17) is 14.2 Å². The van der Waals surface area contributed by atoms with Crippen LogP contribution in [0.2, 0.25) is 0 Å². The molecule has 1 unspecified atom stereocenters. The fourth-order valence-electron chi connectivity index (χ4n) is 6.98. The quantitative estimate of drug-likeness (QED) is 0.0199. The lowest BCUT2D eigenvalue weighted by molar-refractivity contribution is -0.167. The van der Waals surface area contributed by atoms with Gasteiger partial charge in [-0.25, -0.2) is 0 Å². The molecule has 0 aliphatic heterocycles. The molecule has 0 aromatic heterocycles. The molecule has 1 atom stereocenters. The van der Waals surface area contributed by atoms with Crippen LogP contribution >= 0.6 is 0 Å². The molecule has 0 aliphatic carbocycles. The van der Waals surface area contributed by atoms with Crippen molar-refractivity contribution < 1.29 is 28.6 Å². The molecule has 68 heavy (non-hydrogen) atoms. The average molecular weight is 939 g/mol. The molecule has 0 radical (unpaired) electrons. The van der Waals surface area contributed by atoms with Gasteiger partial charge in [0.15, 0.2) is 6.10 Å². The second-order valence-electron chi connectivity index (χ2n) is 17.5. The summed E-state index contributed by atoms with van der Waals surface area (Å²) in [5, 5.41) is 0. The van der Waals surface area contributed by atoms with E-state index < -0.39 is 6.10 Å². The van der Waals surface area contributed by atoms with E-state index in [0.717, 1.165) is 109 Å². The molecule has 0 rings (SSSR count). The van der Waals surface area contributed by atoms with Crippen molar-refractivity contribution >= 4 is 17.9 Å². The first-order valence-electron chi connectivity index (χ1n) is 27.3. The largest absolute Gasteiger partial charge is 0.462 e. The summed E-state index contributed by atoms with van der Waals surface area (Å²) in [6.07, 6.45) is 77.3. The molecule has 0 fully saturated rings. The van der Waals surface area contributed by atoms with Crippen molar-refractivity contribution in [2.45, 2.75) is 226 Å². The highest BCUT2D eigenvalue weighted by molar-refractivity contribution is 5.71. The van der Waals surface area contributed by atoms with Crippen LogP contribution in [0.1, 0.15) is 220 Å². The number of hydrogen-bond acceptors (Lipinski definition) is 6. The Labute approximate surface area is 417 Å². The SMILES string of the molecule is CC/C=C/C=C/C=C/C=C/C=C/CCCC(=O)OCC(COC(=O)CCCCCCCC/C=C/C/C=C/C/C=C/C/C=C/CC)OC(=O)CCCCCCC/C=C/C=C/CCCCCCCCC. The van der Waals surface area contributed by atoms with Crippen LogP contribution in [-0.2, 0) is 28.6 Å². The maximum Gasteiger partial charge on any atom is 0.306 e.